The van der Waals surface area contributed by atoms with E-state index < -0.39 is 5.97 Å². The summed E-state index contributed by atoms with van der Waals surface area (Å²) < 4.78 is 24.2. The molecule has 2 heterocycles. The van der Waals surface area contributed by atoms with Crippen LogP contribution in [0.15, 0.2) is 97.1 Å². The number of benzene rings is 4. The number of carbonyl (C=O) groups is 1. The first-order valence-electron chi connectivity index (χ1n) is 15.7. The summed E-state index contributed by atoms with van der Waals surface area (Å²) in [6.45, 7) is 3.80. The van der Waals surface area contributed by atoms with E-state index in [1.165, 1.54) is 7.11 Å². The monoisotopic (exact) mass is 617 g/mol. The van der Waals surface area contributed by atoms with Gasteiger partial charge in [0.05, 0.1) is 31.6 Å². The fraction of sp³-hybridized carbons (Fsp3) is 0.263. The van der Waals surface area contributed by atoms with E-state index in [1.54, 1.807) is 13.2 Å². The maximum atomic E-state index is 12.3. The number of methoxy groups -OCH3 is 2. The van der Waals surface area contributed by atoms with Crippen LogP contribution in [0.4, 0.5) is 0 Å². The second-order valence-corrected chi connectivity index (χ2v) is 11.3. The second-order valence-electron chi connectivity index (χ2n) is 11.3. The molecule has 5 aromatic rings. The maximum absolute atomic E-state index is 12.3. The van der Waals surface area contributed by atoms with Gasteiger partial charge in [0.1, 0.15) is 17.1 Å². The molecule has 1 atom stereocenters. The first-order chi connectivity index (χ1) is 22.6. The van der Waals surface area contributed by atoms with Gasteiger partial charge in [-0.25, -0.2) is 9.78 Å². The third-order valence-corrected chi connectivity index (χ3v) is 8.25. The summed E-state index contributed by atoms with van der Waals surface area (Å²) in [7, 11) is 2.93. The number of imidazole rings is 1. The van der Waals surface area contributed by atoms with Crippen molar-refractivity contribution in [3.8, 4) is 39.9 Å². The largest absolute Gasteiger partial charge is 0.496 e. The summed E-state index contributed by atoms with van der Waals surface area (Å²) in [6.07, 6.45) is 2.75. The number of hydrogen-bond donors (Lipinski definition) is 1. The van der Waals surface area contributed by atoms with Crippen molar-refractivity contribution in [3.05, 3.63) is 119 Å². The Hall–Kier alpha value is -5.08. The molecule has 8 nitrogen and oxygen atoms in total. The predicted molar refractivity (Wildman–Crippen MR) is 178 cm³/mol. The molecule has 0 bridgehead atoms. The average Bonchev–Trinajstić information content (AvgIpc) is 3.74. The van der Waals surface area contributed by atoms with Gasteiger partial charge in [0, 0.05) is 24.2 Å². The van der Waals surface area contributed by atoms with Gasteiger partial charge in [0.25, 0.3) is 0 Å². The molecule has 4 aromatic carbocycles. The highest BCUT2D eigenvalue weighted by atomic mass is 16.7. The first kappa shape index (κ1) is 30.9. The van der Waals surface area contributed by atoms with E-state index in [-0.39, 0.29) is 12.8 Å². The number of unbranched alkanes of at least 4 members (excludes halogenated alkanes) is 1. The van der Waals surface area contributed by atoms with Crippen molar-refractivity contribution in [1.82, 2.24) is 14.9 Å². The van der Waals surface area contributed by atoms with Gasteiger partial charge in [-0.15, -0.1) is 0 Å². The molecule has 1 aliphatic heterocycles. The van der Waals surface area contributed by atoms with Crippen molar-refractivity contribution < 1.29 is 23.7 Å². The van der Waals surface area contributed by atoms with E-state index in [2.05, 4.69) is 77.5 Å². The molecule has 1 aromatic heterocycles. The molecule has 0 fully saturated rings. The standard InChI is InChI=1S/C38H39N3O5/c1-4-5-20-41-36(35(28-12-8-6-9-13-28)40-37(41)29-14-10-7-11-15-29)31(21-26-17-19-32-34(22-26)46-25-45-32)39-24-27-16-18-30(38(42)44-3)33(23-27)43-2/h6-19,22-23,31,39H,4-5,20-21,24-25H2,1-3H3. The minimum Gasteiger partial charge on any atom is -0.496 e. The van der Waals surface area contributed by atoms with Crippen LogP contribution < -0.4 is 19.5 Å². The highest BCUT2D eigenvalue weighted by molar-refractivity contribution is 5.92. The molecule has 1 N–H and O–H groups in total. The lowest BCUT2D eigenvalue weighted by Gasteiger charge is -2.24. The Morgan fingerprint density at radius 3 is 2.33 bits per heavy atom. The second kappa shape index (κ2) is 14.3. The number of ether oxygens (including phenoxy) is 4. The van der Waals surface area contributed by atoms with Crippen LogP contribution in [0.25, 0.3) is 22.6 Å². The van der Waals surface area contributed by atoms with Crippen LogP contribution in [0.2, 0.25) is 0 Å². The van der Waals surface area contributed by atoms with Crippen molar-refractivity contribution in [3.63, 3.8) is 0 Å². The van der Waals surface area contributed by atoms with Gasteiger partial charge in [-0.1, -0.05) is 86.1 Å². The fourth-order valence-corrected chi connectivity index (χ4v) is 5.91. The van der Waals surface area contributed by atoms with Gasteiger partial charge in [0.15, 0.2) is 11.5 Å². The summed E-state index contributed by atoms with van der Waals surface area (Å²) >= 11 is 0. The molecule has 46 heavy (non-hydrogen) atoms. The van der Waals surface area contributed by atoms with E-state index >= 15 is 0 Å². The summed E-state index contributed by atoms with van der Waals surface area (Å²) in [6, 6.07) is 32.4. The van der Waals surface area contributed by atoms with E-state index in [9.17, 15) is 4.79 Å². The number of esters is 1. The number of fused-ring (bicyclic) bond motifs is 1. The molecule has 1 unspecified atom stereocenters. The lowest BCUT2D eigenvalue weighted by molar-refractivity contribution is 0.0597. The molecule has 0 spiro atoms. The van der Waals surface area contributed by atoms with Crippen LogP contribution in [0, 0.1) is 0 Å². The third-order valence-electron chi connectivity index (χ3n) is 8.25. The van der Waals surface area contributed by atoms with Gasteiger partial charge < -0.3 is 28.8 Å². The highest BCUT2D eigenvalue weighted by Crippen LogP contribution is 2.38. The Morgan fingerprint density at radius 2 is 1.61 bits per heavy atom. The van der Waals surface area contributed by atoms with Crippen molar-refractivity contribution in [2.24, 2.45) is 0 Å². The Balaban J connectivity index is 1.47. The van der Waals surface area contributed by atoms with E-state index in [0.29, 0.717) is 24.3 Å². The Bertz CT molecular complexity index is 1790. The molecule has 1 aliphatic rings. The molecule has 6 rings (SSSR count). The van der Waals surface area contributed by atoms with E-state index in [4.69, 9.17) is 23.9 Å². The van der Waals surface area contributed by atoms with E-state index in [1.807, 2.05) is 30.3 Å². The molecule has 0 aliphatic carbocycles. The molecule has 236 valence electrons. The highest BCUT2D eigenvalue weighted by Gasteiger charge is 2.27. The quantitative estimate of drug-likeness (QED) is 0.136. The first-order valence-corrected chi connectivity index (χ1v) is 15.7. The lowest BCUT2D eigenvalue weighted by Crippen LogP contribution is -2.26. The number of nitrogens with one attached hydrogen (secondary N) is 1. The molecule has 0 saturated heterocycles. The zero-order valence-electron chi connectivity index (χ0n) is 26.5. The third kappa shape index (κ3) is 6.62. The van der Waals surface area contributed by atoms with Gasteiger partial charge >= 0.3 is 5.97 Å². The van der Waals surface area contributed by atoms with Crippen LogP contribution in [-0.2, 0) is 24.2 Å². The zero-order chi connectivity index (χ0) is 31.9. The SMILES string of the molecule is CCCCn1c(-c2ccccc2)nc(-c2ccccc2)c1C(Cc1ccc2c(c1)OCO2)NCc1ccc(C(=O)OC)c(OC)c1. The minimum absolute atomic E-state index is 0.135. The molecule has 0 saturated carbocycles. The lowest BCUT2D eigenvalue weighted by atomic mass is 9.98. The summed E-state index contributed by atoms with van der Waals surface area (Å²) in [5, 5.41) is 3.87. The predicted octanol–water partition coefficient (Wildman–Crippen LogP) is 7.61. The topological polar surface area (TPSA) is 83.8 Å². The number of aromatic nitrogens is 2. The van der Waals surface area contributed by atoms with Gasteiger partial charge in [-0.05, 0) is 48.2 Å². The van der Waals surface area contributed by atoms with Crippen LogP contribution in [0.3, 0.4) is 0 Å². The van der Waals surface area contributed by atoms with Crippen molar-refractivity contribution in [2.75, 3.05) is 21.0 Å². The molecular formula is C38H39N3O5. The van der Waals surface area contributed by atoms with Crippen molar-refractivity contribution in [1.29, 1.82) is 0 Å². The average molecular weight is 618 g/mol. The van der Waals surface area contributed by atoms with Crippen LogP contribution in [0.1, 0.15) is 53.0 Å². The van der Waals surface area contributed by atoms with E-state index in [0.717, 1.165) is 70.4 Å². The molecular weight excluding hydrogens is 578 g/mol. The van der Waals surface area contributed by atoms with Crippen LogP contribution >= 0.6 is 0 Å². The van der Waals surface area contributed by atoms with Crippen molar-refractivity contribution >= 4 is 5.97 Å². The maximum Gasteiger partial charge on any atom is 0.341 e. The summed E-state index contributed by atoms with van der Waals surface area (Å²) in [5.41, 5.74) is 6.69. The minimum atomic E-state index is -0.433. The summed E-state index contributed by atoms with van der Waals surface area (Å²) in [5.74, 6) is 2.51. The van der Waals surface area contributed by atoms with Crippen LogP contribution in [0.5, 0.6) is 17.2 Å². The number of nitrogens with zero attached hydrogens (tertiary/aromatic N) is 2. The normalized spacial score (nSPS) is 12.6. The van der Waals surface area contributed by atoms with Gasteiger partial charge in [-0.2, -0.15) is 0 Å². The number of carbonyl (C=O) groups excluding carboxylic acids is 1. The smallest absolute Gasteiger partial charge is 0.341 e. The molecule has 8 heteroatoms. The Labute approximate surface area is 269 Å². The van der Waals surface area contributed by atoms with Gasteiger partial charge in [-0.3, -0.25) is 0 Å². The summed E-state index contributed by atoms with van der Waals surface area (Å²) in [4.78, 5) is 17.7. The fourth-order valence-electron chi connectivity index (χ4n) is 5.91. The zero-order valence-corrected chi connectivity index (χ0v) is 26.5. The molecule has 0 amide bonds. The van der Waals surface area contributed by atoms with Crippen LogP contribution in [-0.4, -0.2) is 36.5 Å². The Morgan fingerprint density at radius 1 is 0.891 bits per heavy atom. The van der Waals surface area contributed by atoms with Gasteiger partial charge in [0.2, 0.25) is 6.79 Å². The Kier molecular flexibility index (Phi) is 9.65. The molecule has 0 radical (unpaired) electrons. The number of hydrogen-bond acceptors (Lipinski definition) is 7. The van der Waals surface area contributed by atoms with Crippen molar-refractivity contribution in [2.45, 2.75) is 45.3 Å². The number of rotatable bonds is 13.